The summed E-state index contributed by atoms with van der Waals surface area (Å²) in [7, 11) is 0. The average molecular weight is 381 g/mol. The number of rotatable bonds is 6. The minimum atomic E-state index is -0.182. The second kappa shape index (κ2) is 8.14. The summed E-state index contributed by atoms with van der Waals surface area (Å²) in [6.07, 6.45) is 3.13. The highest BCUT2D eigenvalue weighted by Gasteiger charge is 2.46. The van der Waals surface area contributed by atoms with Crippen LogP contribution < -0.4 is 16.2 Å². The number of H-pyrrole nitrogens is 1. The van der Waals surface area contributed by atoms with Crippen LogP contribution in [0.15, 0.2) is 41.2 Å². The molecule has 1 amide bonds. The number of fused-ring (bicyclic) bond motifs is 1. The quantitative estimate of drug-likeness (QED) is 0.664. The van der Waals surface area contributed by atoms with Gasteiger partial charge in [-0.1, -0.05) is 30.3 Å². The summed E-state index contributed by atoms with van der Waals surface area (Å²) in [6.45, 7) is 3.86. The molecule has 3 heterocycles. The molecule has 0 spiro atoms. The molecule has 0 bridgehead atoms. The van der Waals surface area contributed by atoms with Gasteiger partial charge < -0.3 is 10.6 Å². The fourth-order valence-corrected chi connectivity index (χ4v) is 4.61. The zero-order valence-corrected chi connectivity index (χ0v) is 16.1. The Morgan fingerprint density at radius 2 is 2.11 bits per heavy atom. The first-order valence-corrected chi connectivity index (χ1v) is 10.0. The molecular formula is C21H27N5O2. The number of benzene rings is 1. The normalized spacial score (nSPS) is 24.1. The molecule has 0 saturated carbocycles. The molecule has 28 heavy (non-hydrogen) atoms. The minimum Gasteiger partial charge on any atom is -0.354 e. The lowest BCUT2D eigenvalue weighted by molar-refractivity contribution is -0.125. The number of carbonyl (C=O) groups is 1. The Labute approximate surface area is 164 Å². The summed E-state index contributed by atoms with van der Waals surface area (Å²) < 4.78 is 0. The van der Waals surface area contributed by atoms with E-state index in [-0.39, 0.29) is 17.4 Å². The number of aryl methyl sites for hydroxylation is 1. The van der Waals surface area contributed by atoms with Gasteiger partial charge in [-0.15, -0.1) is 0 Å². The molecule has 7 heteroatoms. The first-order chi connectivity index (χ1) is 13.6. The molecule has 7 nitrogen and oxygen atoms in total. The van der Waals surface area contributed by atoms with Gasteiger partial charge >= 0.3 is 0 Å². The minimum absolute atomic E-state index is 0.0320. The lowest BCUT2D eigenvalue weighted by atomic mass is 9.93. The van der Waals surface area contributed by atoms with Gasteiger partial charge in [0.15, 0.2) is 0 Å². The number of carbonyl (C=O) groups excluding carboxylic acids is 1. The van der Waals surface area contributed by atoms with Crippen molar-refractivity contribution >= 4 is 11.9 Å². The van der Waals surface area contributed by atoms with Gasteiger partial charge in [0.2, 0.25) is 11.9 Å². The molecule has 2 aliphatic rings. The van der Waals surface area contributed by atoms with Crippen LogP contribution in [0.4, 0.5) is 5.95 Å². The number of hydrogen-bond donors (Lipinski definition) is 3. The zero-order valence-electron chi connectivity index (χ0n) is 16.1. The number of nitrogens with one attached hydrogen (secondary N) is 3. The van der Waals surface area contributed by atoms with Crippen molar-refractivity contribution < 1.29 is 4.79 Å². The summed E-state index contributed by atoms with van der Waals surface area (Å²) in [5.41, 5.74) is 1.79. The van der Waals surface area contributed by atoms with Gasteiger partial charge in [-0.2, -0.15) is 0 Å². The summed E-state index contributed by atoms with van der Waals surface area (Å²) in [5, 5.41) is 6.12. The van der Waals surface area contributed by atoms with E-state index in [9.17, 15) is 9.59 Å². The molecule has 0 aliphatic carbocycles. The number of nitrogens with zero attached hydrogens (tertiary/aromatic N) is 2. The standard InChI is InChI=1S/C21H27N5O2/c1-14-12-19(27)25-21(24-14)23-10-9-22-20(28)16-13-18(15-6-3-2-4-7-15)26-11-5-8-17(16)26/h2-4,6-7,12,16-18H,5,8-11,13H2,1H3,(H,22,28)(H2,23,24,25,27)/t16-,17+,18-/m0/s1. The summed E-state index contributed by atoms with van der Waals surface area (Å²) in [6, 6.07) is 12.6. The smallest absolute Gasteiger partial charge is 0.252 e. The molecule has 3 atom stereocenters. The second-order valence-corrected chi connectivity index (χ2v) is 7.67. The van der Waals surface area contributed by atoms with Crippen LogP contribution >= 0.6 is 0 Å². The van der Waals surface area contributed by atoms with Crippen LogP contribution in [-0.2, 0) is 4.79 Å². The van der Waals surface area contributed by atoms with Crippen LogP contribution in [-0.4, -0.2) is 46.5 Å². The summed E-state index contributed by atoms with van der Waals surface area (Å²) >= 11 is 0. The van der Waals surface area contributed by atoms with Crippen molar-refractivity contribution in [2.24, 2.45) is 5.92 Å². The van der Waals surface area contributed by atoms with E-state index in [0.717, 1.165) is 25.8 Å². The van der Waals surface area contributed by atoms with Crippen molar-refractivity contribution in [3.63, 3.8) is 0 Å². The van der Waals surface area contributed by atoms with E-state index in [2.05, 4.69) is 49.8 Å². The fraction of sp³-hybridized carbons (Fsp3) is 0.476. The number of aromatic amines is 1. The van der Waals surface area contributed by atoms with Gasteiger partial charge in [-0.25, -0.2) is 4.98 Å². The first kappa shape index (κ1) is 18.7. The van der Waals surface area contributed by atoms with Crippen molar-refractivity contribution in [1.82, 2.24) is 20.2 Å². The van der Waals surface area contributed by atoms with Crippen molar-refractivity contribution in [2.45, 2.75) is 38.3 Å². The maximum Gasteiger partial charge on any atom is 0.252 e. The van der Waals surface area contributed by atoms with Crippen LogP contribution in [0.5, 0.6) is 0 Å². The van der Waals surface area contributed by atoms with Crippen molar-refractivity contribution in [3.8, 4) is 0 Å². The number of hydrogen-bond acceptors (Lipinski definition) is 5. The Hall–Kier alpha value is -2.67. The van der Waals surface area contributed by atoms with Gasteiger partial charge in [0.1, 0.15) is 0 Å². The highest BCUT2D eigenvalue weighted by Crippen LogP contribution is 2.44. The van der Waals surface area contributed by atoms with E-state index in [4.69, 9.17) is 0 Å². The van der Waals surface area contributed by atoms with Crippen LogP contribution in [0, 0.1) is 12.8 Å². The van der Waals surface area contributed by atoms with Gasteiger partial charge in [-0.05, 0) is 38.3 Å². The number of aromatic nitrogens is 2. The largest absolute Gasteiger partial charge is 0.354 e. The van der Waals surface area contributed by atoms with E-state index in [1.54, 1.807) is 6.92 Å². The molecule has 0 radical (unpaired) electrons. The fourth-order valence-electron chi connectivity index (χ4n) is 4.61. The van der Waals surface area contributed by atoms with Gasteiger partial charge in [-0.3, -0.25) is 19.5 Å². The predicted molar refractivity (Wildman–Crippen MR) is 108 cm³/mol. The van der Waals surface area contributed by atoms with Gasteiger partial charge in [0, 0.05) is 36.9 Å². The van der Waals surface area contributed by atoms with Gasteiger partial charge in [0.05, 0.1) is 5.92 Å². The Bertz CT molecular complexity index is 882. The molecular weight excluding hydrogens is 354 g/mol. The molecule has 3 N–H and O–H groups in total. The second-order valence-electron chi connectivity index (χ2n) is 7.67. The van der Waals surface area contributed by atoms with Crippen LogP contribution in [0.1, 0.15) is 36.6 Å². The molecule has 2 fully saturated rings. The van der Waals surface area contributed by atoms with Crippen LogP contribution in [0.3, 0.4) is 0 Å². The molecule has 2 aromatic rings. The SMILES string of the molecule is Cc1cc(=O)[nH]c(NCCNC(=O)[C@H]2C[C@@H](c3ccccc3)N3CCC[C@H]23)n1. The van der Waals surface area contributed by atoms with Crippen LogP contribution in [0.25, 0.3) is 0 Å². The lowest BCUT2D eigenvalue weighted by Gasteiger charge is -2.24. The average Bonchev–Trinajstić information content (AvgIpc) is 3.27. The third-order valence-corrected chi connectivity index (χ3v) is 5.79. The van der Waals surface area contributed by atoms with Crippen molar-refractivity contribution in [2.75, 3.05) is 25.0 Å². The van der Waals surface area contributed by atoms with E-state index in [1.165, 1.54) is 11.6 Å². The predicted octanol–water partition coefficient (Wildman–Crippen LogP) is 1.83. The first-order valence-electron chi connectivity index (χ1n) is 10.0. The van der Waals surface area contributed by atoms with Crippen molar-refractivity contribution in [1.29, 1.82) is 0 Å². The monoisotopic (exact) mass is 381 g/mol. The highest BCUT2D eigenvalue weighted by molar-refractivity contribution is 5.80. The van der Waals surface area contributed by atoms with Crippen molar-refractivity contribution in [3.05, 3.63) is 58.0 Å². The highest BCUT2D eigenvalue weighted by atomic mass is 16.2. The van der Waals surface area contributed by atoms with E-state index in [1.807, 2.05) is 6.07 Å². The molecule has 2 aliphatic heterocycles. The zero-order chi connectivity index (χ0) is 19.5. The van der Waals surface area contributed by atoms with E-state index >= 15 is 0 Å². The molecule has 4 rings (SSSR count). The number of anilines is 1. The molecule has 0 unspecified atom stereocenters. The maximum absolute atomic E-state index is 12.8. The van der Waals surface area contributed by atoms with Gasteiger partial charge in [0.25, 0.3) is 5.56 Å². The maximum atomic E-state index is 12.8. The van der Waals surface area contributed by atoms with E-state index < -0.39 is 0 Å². The Morgan fingerprint density at radius 1 is 1.29 bits per heavy atom. The van der Waals surface area contributed by atoms with Crippen LogP contribution in [0.2, 0.25) is 0 Å². The Morgan fingerprint density at radius 3 is 2.89 bits per heavy atom. The molecule has 1 aromatic carbocycles. The summed E-state index contributed by atoms with van der Waals surface area (Å²) in [4.78, 5) is 33.7. The number of amides is 1. The third kappa shape index (κ3) is 3.94. The lowest BCUT2D eigenvalue weighted by Crippen LogP contribution is -2.39. The Kier molecular flexibility index (Phi) is 5.43. The molecule has 1 aromatic heterocycles. The molecule has 2 saturated heterocycles. The topological polar surface area (TPSA) is 90.1 Å². The van der Waals surface area contributed by atoms with E-state index in [0.29, 0.717) is 36.8 Å². The summed E-state index contributed by atoms with van der Waals surface area (Å²) in [5.74, 6) is 0.596. The molecule has 148 valence electrons. The Balaban J connectivity index is 1.32. The third-order valence-electron chi connectivity index (χ3n) is 5.79.